The Bertz CT molecular complexity index is 782. The molecule has 0 radical (unpaired) electrons. The molecule has 0 amide bonds. The predicted octanol–water partition coefficient (Wildman–Crippen LogP) is 3.32. The van der Waals surface area contributed by atoms with E-state index in [0.29, 0.717) is 28.4 Å². The van der Waals surface area contributed by atoms with Crippen molar-refractivity contribution in [3.8, 4) is 11.5 Å². The van der Waals surface area contributed by atoms with Crippen LogP contribution in [0.3, 0.4) is 0 Å². The predicted molar refractivity (Wildman–Crippen MR) is 89.7 cm³/mol. The Morgan fingerprint density at radius 2 is 2.04 bits per heavy atom. The number of H-pyrrole nitrogens is 1. The molecule has 0 unspecified atom stereocenters. The molecular weight excluding hydrogens is 432 g/mol. The fourth-order valence-corrected chi connectivity index (χ4v) is 3.52. The molecule has 3 rings (SSSR count). The molecule has 1 aliphatic rings. The van der Waals surface area contributed by atoms with Crippen LogP contribution >= 0.6 is 31.9 Å². The summed E-state index contributed by atoms with van der Waals surface area (Å²) >= 11 is 6.83. The zero-order chi connectivity index (χ0) is 16.6. The number of carbonyl (C=O) groups is 1. The van der Waals surface area contributed by atoms with E-state index in [9.17, 15) is 4.79 Å². The first-order valence-electron chi connectivity index (χ1n) is 6.64. The number of methoxy groups -OCH3 is 2. The van der Waals surface area contributed by atoms with Crippen LogP contribution in [0.4, 0.5) is 5.82 Å². The molecule has 0 saturated carbocycles. The standard InChI is InChI=1S/C15H12Br2N2O4/c1-21-10-4-3-8-11(12(10)22-2)15(20)23-14(8)19-13-9(17)5-7(16)6-18-13/h3-6,14H,1-2H3,(H,18,19)/p+1/t14-/m0/s1. The number of fused-ring (bicyclic) bond motifs is 1. The molecule has 0 bridgehead atoms. The Balaban J connectivity index is 1.99. The number of benzene rings is 1. The molecule has 0 aliphatic carbocycles. The molecule has 2 heterocycles. The van der Waals surface area contributed by atoms with Gasteiger partial charge in [0.2, 0.25) is 0 Å². The van der Waals surface area contributed by atoms with E-state index >= 15 is 0 Å². The molecule has 8 heteroatoms. The number of hydrogen-bond donors (Lipinski definition) is 1. The second-order valence-corrected chi connectivity index (χ2v) is 6.51. The Morgan fingerprint density at radius 3 is 2.70 bits per heavy atom. The second-order valence-electron chi connectivity index (χ2n) is 4.74. The van der Waals surface area contributed by atoms with Gasteiger partial charge in [-0.25, -0.2) is 15.1 Å². The van der Waals surface area contributed by atoms with Crippen molar-refractivity contribution in [2.24, 2.45) is 0 Å². The van der Waals surface area contributed by atoms with Gasteiger partial charge in [0, 0.05) is 0 Å². The third-order valence-corrected chi connectivity index (χ3v) is 4.51. The number of aromatic amines is 1. The Labute approximate surface area is 149 Å². The number of carbonyl (C=O) groups excluding carboxylic acids is 1. The lowest BCUT2D eigenvalue weighted by Gasteiger charge is -2.11. The van der Waals surface area contributed by atoms with Gasteiger partial charge in [-0.3, -0.25) is 0 Å². The highest BCUT2D eigenvalue weighted by Crippen LogP contribution is 2.42. The number of aromatic nitrogens is 1. The van der Waals surface area contributed by atoms with Gasteiger partial charge in [-0.2, -0.15) is 0 Å². The third-order valence-electron chi connectivity index (χ3n) is 3.42. The summed E-state index contributed by atoms with van der Waals surface area (Å²) in [6, 6.07) is 5.41. The molecule has 0 spiro atoms. The maximum atomic E-state index is 12.2. The van der Waals surface area contributed by atoms with Crippen LogP contribution in [0, 0.1) is 0 Å². The summed E-state index contributed by atoms with van der Waals surface area (Å²) in [4.78, 5) is 15.3. The minimum atomic E-state index is -0.619. The quantitative estimate of drug-likeness (QED) is 0.732. The van der Waals surface area contributed by atoms with E-state index in [1.54, 1.807) is 18.3 Å². The molecule has 2 aromatic rings. The van der Waals surface area contributed by atoms with E-state index in [0.717, 1.165) is 8.95 Å². The lowest BCUT2D eigenvalue weighted by atomic mass is 10.1. The van der Waals surface area contributed by atoms with Crippen molar-refractivity contribution >= 4 is 43.6 Å². The minimum absolute atomic E-state index is 0.373. The molecule has 6 nitrogen and oxygen atoms in total. The number of esters is 1. The van der Waals surface area contributed by atoms with Crippen molar-refractivity contribution in [2.75, 3.05) is 19.5 Å². The number of halogens is 2. The summed E-state index contributed by atoms with van der Waals surface area (Å²) in [7, 11) is 3.01. The molecule has 120 valence electrons. The van der Waals surface area contributed by atoms with Crippen LogP contribution in [0.15, 0.2) is 33.3 Å². The number of cyclic esters (lactones) is 1. The van der Waals surface area contributed by atoms with Gasteiger partial charge >= 0.3 is 5.97 Å². The number of ether oxygens (including phenoxy) is 3. The molecule has 1 aliphatic heterocycles. The molecule has 23 heavy (non-hydrogen) atoms. The lowest BCUT2D eigenvalue weighted by molar-refractivity contribution is -0.363. The molecule has 0 fully saturated rings. The fourth-order valence-electron chi connectivity index (χ4n) is 2.39. The zero-order valence-corrected chi connectivity index (χ0v) is 15.4. The monoisotopic (exact) mass is 443 g/mol. The maximum Gasteiger partial charge on any atom is 0.346 e. The van der Waals surface area contributed by atoms with E-state index in [4.69, 9.17) is 14.2 Å². The normalized spacial score (nSPS) is 15.8. The second kappa shape index (κ2) is 6.37. The van der Waals surface area contributed by atoms with Gasteiger partial charge in [-0.1, -0.05) is 0 Å². The molecular formula is C15H13Br2N2O4+. The number of hydrogen-bond acceptors (Lipinski definition) is 5. The van der Waals surface area contributed by atoms with E-state index in [1.807, 2.05) is 6.07 Å². The zero-order valence-electron chi connectivity index (χ0n) is 12.3. The molecule has 2 N–H and O–H groups in total. The highest BCUT2D eigenvalue weighted by atomic mass is 79.9. The van der Waals surface area contributed by atoms with E-state index < -0.39 is 12.2 Å². The summed E-state index contributed by atoms with van der Waals surface area (Å²) in [6.45, 7) is 0. The minimum Gasteiger partial charge on any atom is -0.493 e. The van der Waals surface area contributed by atoms with Gasteiger partial charge < -0.3 is 14.2 Å². The van der Waals surface area contributed by atoms with Gasteiger partial charge in [-0.15, -0.1) is 0 Å². The first-order chi connectivity index (χ1) is 11.0. The highest BCUT2D eigenvalue weighted by molar-refractivity contribution is 9.11. The average Bonchev–Trinajstić information content (AvgIpc) is 2.85. The topological polar surface area (TPSA) is 70.9 Å². The number of nitrogens with one attached hydrogen (secondary N) is 2. The number of pyridine rings is 1. The van der Waals surface area contributed by atoms with Crippen molar-refractivity contribution in [1.29, 1.82) is 0 Å². The van der Waals surface area contributed by atoms with Crippen LogP contribution in [0.5, 0.6) is 11.5 Å². The van der Waals surface area contributed by atoms with Crippen LogP contribution in [-0.2, 0) is 4.74 Å². The van der Waals surface area contributed by atoms with Crippen molar-refractivity contribution in [1.82, 2.24) is 0 Å². The van der Waals surface area contributed by atoms with Crippen LogP contribution < -0.4 is 19.8 Å². The van der Waals surface area contributed by atoms with Crippen LogP contribution in [0.1, 0.15) is 22.1 Å². The Hall–Kier alpha value is -1.80. The molecule has 1 aromatic carbocycles. The van der Waals surface area contributed by atoms with Crippen molar-refractivity contribution in [3.05, 3.63) is 44.5 Å². The van der Waals surface area contributed by atoms with Crippen molar-refractivity contribution < 1.29 is 24.0 Å². The van der Waals surface area contributed by atoms with Gasteiger partial charge in [0.1, 0.15) is 16.2 Å². The van der Waals surface area contributed by atoms with Crippen molar-refractivity contribution in [2.45, 2.75) is 6.23 Å². The van der Waals surface area contributed by atoms with E-state index in [2.05, 4.69) is 42.2 Å². The SMILES string of the molecule is COc1ccc2c(c1OC)C(=O)O[C@@H]2Nc1[nH+]cc(Br)cc1Br. The molecule has 1 atom stereocenters. The summed E-state index contributed by atoms with van der Waals surface area (Å²) in [6.07, 6.45) is 1.16. The van der Waals surface area contributed by atoms with Crippen LogP contribution in [0.25, 0.3) is 0 Å². The first-order valence-corrected chi connectivity index (χ1v) is 8.23. The summed E-state index contributed by atoms with van der Waals surface area (Å²) in [5.41, 5.74) is 1.06. The van der Waals surface area contributed by atoms with Gasteiger partial charge in [0.15, 0.2) is 11.5 Å². The van der Waals surface area contributed by atoms with Gasteiger partial charge in [-0.05, 0) is 50.1 Å². The van der Waals surface area contributed by atoms with E-state index in [-0.39, 0.29) is 0 Å². The van der Waals surface area contributed by atoms with Crippen molar-refractivity contribution in [3.63, 3.8) is 0 Å². The van der Waals surface area contributed by atoms with E-state index in [1.165, 1.54) is 14.2 Å². The number of anilines is 1. The molecule has 1 aromatic heterocycles. The fraction of sp³-hybridized carbons (Fsp3) is 0.200. The third kappa shape index (κ3) is 2.88. The highest BCUT2D eigenvalue weighted by Gasteiger charge is 2.38. The van der Waals surface area contributed by atoms with Gasteiger partial charge in [0.05, 0.1) is 24.3 Å². The Morgan fingerprint density at radius 1 is 1.26 bits per heavy atom. The lowest BCUT2D eigenvalue weighted by Crippen LogP contribution is -2.18. The molecule has 0 saturated heterocycles. The number of rotatable bonds is 4. The average molecular weight is 445 g/mol. The van der Waals surface area contributed by atoms with Crippen LogP contribution in [0.2, 0.25) is 0 Å². The summed E-state index contributed by atoms with van der Waals surface area (Å²) in [5.74, 6) is 1.09. The smallest absolute Gasteiger partial charge is 0.346 e. The Kier molecular flexibility index (Phi) is 4.45. The summed E-state index contributed by atoms with van der Waals surface area (Å²) < 4.78 is 17.7. The summed E-state index contributed by atoms with van der Waals surface area (Å²) in [5, 5.41) is 3.15. The largest absolute Gasteiger partial charge is 0.493 e. The first kappa shape index (κ1) is 16.1. The maximum absolute atomic E-state index is 12.2. The van der Waals surface area contributed by atoms with Crippen LogP contribution in [-0.4, -0.2) is 20.2 Å². The van der Waals surface area contributed by atoms with Gasteiger partial charge in [0.25, 0.3) is 12.0 Å².